The molecule has 1 unspecified atom stereocenters. The second kappa shape index (κ2) is 9.93. The van der Waals surface area contributed by atoms with Crippen molar-refractivity contribution in [1.29, 1.82) is 0 Å². The molecule has 0 saturated carbocycles. The third kappa shape index (κ3) is 4.74. The Morgan fingerprint density at radius 1 is 0.974 bits per heavy atom. The van der Waals surface area contributed by atoms with Crippen molar-refractivity contribution in [2.24, 2.45) is 5.41 Å². The zero-order chi connectivity index (χ0) is 27.0. The van der Waals surface area contributed by atoms with E-state index in [0.29, 0.717) is 47.5 Å². The minimum Gasteiger partial charge on any atom is -0.494 e. The standard InChI is InChI=1S/C32H32N2O4/c1-5-38-24-14-11-21(12-15-24)30-29-26(18-32(3,4)19-28(29)36)33-25-17-23(13-16-27(25)34(30)20(2)35)31(37)22-9-7-6-8-10-22/h6-17,30,33H,5,18-19H2,1-4H3. The maximum atomic E-state index is 13.7. The zero-order valence-corrected chi connectivity index (χ0v) is 22.2. The summed E-state index contributed by atoms with van der Waals surface area (Å²) in [5, 5.41) is 3.50. The molecule has 1 heterocycles. The summed E-state index contributed by atoms with van der Waals surface area (Å²) in [7, 11) is 0. The maximum absolute atomic E-state index is 13.7. The highest BCUT2D eigenvalue weighted by molar-refractivity contribution is 6.11. The molecular weight excluding hydrogens is 476 g/mol. The zero-order valence-electron chi connectivity index (χ0n) is 22.2. The van der Waals surface area contributed by atoms with Crippen LogP contribution >= 0.6 is 0 Å². The number of ether oxygens (including phenoxy) is 1. The minimum absolute atomic E-state index is 0.0160. The van der Waals surface area contributed by atoms with Gasteiger partial charge in [0.1, 0.15) is 5.75 Å². The fourth-order valence-electron chi connectivity index (χ4n) is 5.52. The second-order valence-corrected chi connectivity index (χ2v) is 10.7. The average Bonchev–Trinajstić information content (AvgIpc) is 3.02. The molecule has 1 aliphatic carbocycles. The van der Waals surface area contributed by atoms with E-state index in [0.717, 1.165) is 17.0 Å². The Labute approximate surface area is 223 Å². The molecule has 0 aromatic heterocycles. The van der Waals surface area contributed by atoms with Crippen molar-refractivity contribution < 1.29 is 19.1 Å². The third-order valence-electron chi connectivity index (χ3n) is 7.14. The molecule has 0 bridgehead atoms. The summed E-state index contributed by atoms with van der Waals surface area (Å²) in [6.45, 7) is 8.14. The number of amides is 1. The topological polar surface area (TPSA) is 75.7 Å². The summed E-state index contributed by atoms with van der Waals surface area (Å²) in [5.74, 6) is 0.445. The summed E-state index contributed by atoms with van der Waals surface area (Å²) >= 11 is 0. The maximum Gasteiger partial charge on any atom is 0.224 e. The van der Waals surface area contributed by atoms with Gasteiger partial charge in [0.15, 0.2) is 11.6 Å². The molecule has 5 rings (SSSR count). The number of nitrogens with zero attached hydrogens (tertiary/aromatic N) is 1. The van der Waals surface area contributed by atoms with Gasteiger partial charge in [-0.3, -0.25) is 19.3 Å². The predicted molar refractivity (Wildman–Crippen MR) is 148 cm³/mol. The van der Waals surface area contributed by atoms with E-state index in [1.54, 1.807) is 35.2 Å². The Kier molecular flexibility index (Phi) is 6.66. The highest BCUT2D eigenvalue weighted by Gasteiger charge is 2.42. The van der Waals surface area contributed by atoms with Gasteiger partial charge in [0.05, 0.1) is 24.0 Å². The Hall–Kier alpha value is -4.19. The first-order valence-corrected chi connectivity index (χ1v) is 13.0. The lowest BCUT2D eigenvalue weighted by Crippen LogP contribution is -2.38. The van der Waals surface area contributed by atoms with Gasteiger partial charge >= 0.3 is 0 Å². The van der Waals surface area contributed by atoms with Gasteiger partial charge < -0.3 is 10.1 Å². The van der Waals surface area contributed by atoms with Crippen LogP contribution in [0.4, 0.5) is 11.4 Å². The number of Topliss-reactive ketones (excluding diaryl/α,β-unsaturated/α-hetero) is 1. The van der Waals surface area contributed by atoms with Gasteiger partial charge in [0, 0.05) is 35.7 Å². The molecule has 3 aromatic rings. The predicted octanol–water partition coefficient (Wildman–Crippen LogP) is 6.48. The summed E-state index contributed by atoms with van der Waals surface area (Å²) in [6.07, 6.45) is 1.03. The molecule has 1 N–H and O–H groups in total. The lowest BCUT2D eigenvalue weighted by Gasteiger charge is -2.36. The minimum atomic E-state index is -0.605. The van der Waals surface area contributed by atoms with Gasteiger partial charge in [0.2, 0.25) is 5.91 Å². The van der Waals surface area contributed by atoms with Crippen molar-refractivity contribution in [3.8, 4) is 5.75 Å². The van der Waals surface area contributed by atoms with Crippen molar-refractivity contribution in [3.63, 3.8) is 0 Å². The molecule has 6 heteroatoms. The number of hydrogen-bond acceptors (Lipinski definition) is 5. The molecule has 194 valence electrons. The number of anilines is 2. The number of allylic oxidation sites excluding steroid dienone is 1. The highest BCUT2D eigenvalue weighted by atomic mass is 16.5. The van der Waals surface area contributed by atoms with Crippen molar-refractivity contribution in [3.05, 3.63) is 101 Å². The molecule has 0 saturated heterocycles. The van der Waals surface area contributed by atoms with Gasteiger partial charge in [0.25, 0.3) is 0 Å². The fraction of sp³-hybridized carbons (Fsp3) is 0.281. The molecule has 38 heavy (non-hydrogen) atoms. The molecule has 2 aliphatic rings. The van der Waals surface area contributed by atoms with Crippen LogP contribution in [0, 0.1) is 5.41 Å². The van der Waals surface area contributed by atoms with E-state index in [9.17, 15) is 14.4 Å². The molecule has 0 fully saturated rings. The first-order valence-electron chi connectivity index (χ1n) is 13.0. The van der Waals surface area contributed by atoms with E-state index in [1.165, 1.54) is 6.92 Å². The van der Waals surface area contributed by atoms with Crippen molar-refractivity contribution in [2.45, 2.75) is 46.6 Å². The summed E-state index contributed by atoms with van der Waals surface area (Å²) in [6, 6.07) is 21.4. The van der Waals surface area contributed by atoms with Crippen LogP contribution in [0.3, 0.4) is 0 Å². The number of hydrogen-bond donors (Lipinski definition) is 1. The Morgan fingerprint density at radius 2 is 1.68 bits per heavy atom. The molecule has 6 nitrogen and oxygen atoms in total. The molecular formula is C32H32N2O4. The van der Waals surface area contributed by atoms with Gasteiger partial charge in [-0.05, 0) is 54.7 Å². The summed E-state index contributed by atoms with van der Waals surface area (Å²) in [4.78, 5) is 41.9. The molecule has 1 atom stereocenters. The smallest absolute Gasteiger partial charge is 0.224 e. The van der Waals surface area contributed by atoms with Gasteiger partial charge in [-0.25, -0.2) is 0 Å². The Morgan fingerprint density at radius 3 is 2.34 bits per heavy atom. The number of nitrogens with one attached hydrogen (secondary N) is 1. The number of benzene rings is 3. The number of rotatable bonds is 5. The van der Waals surface area contributed by atoms with Crippen molar-refractivity contribution in [2.75, 3.05) is 16.8 Å². The average molecular weight is 509 g/mol. The van der Waals surface area contributed by atoms with Crippen LogP contribution in [-0.2, 0) is 9.59 Å². The number of carbonyl (C=O) groups excluding carboxylic acids is 3. The van der Waals surface area contributed by atoms with Crippen molar-refractivity contribution >= 4 is 28.8 Å². The SMILES string of the molecule is CCOc1ccc(C2C3=C(CC(C)(C)CC3=O)Nc3cc(C(=O)c4ccccc4)ccc3N2C(C)=O)cc1. The largest absolute Gasteiger partial charge is 0.494 e. The van der Waals surface area contributed by atoms with E-state index in [2.05, 4.69) is 19.2 Å². The highest BCUT2D eigenvalue weighted by Crippen LogP contribution is 2.48. The molecule has 1 aliphatic heterocycles. The van der Waals surface area contributed by atoms with Crippen LogP contribution < -0.4 is 15.0 Å². The number of ketones is 2. The van der Waals surface area contributed by atoms with Crippen LogP contribution in [0.1, 0.15) is 68.1 Å². The quantitative estimate of drug-likeness (QED) is 0.399. The summed E-state index contributed by atoms with van der Waals surface area (Å²) in [5.41, 5.74) is 4.32. The van der Waals surface area contributed by atoms with E-state index in [-0.39, 0.29) is 22.9 Å². The van der Waals surface area contributed by atoms with E-state index in [1.807, 2.05) is 49.4 Å². The molecule has 0 spiro atoms. The Bertz CT molecular complexity index is 1440. The van der Waals surface area contributed by atoms with Crippen LogP contribution in [0.15, 0.2) is 84.1 Å². The monoisotopic (exact) mass is 508 g/mol. The normalized spacial score (nSPS) is 18.2. The van der Waals surface area contributed by atoms with E-state index >= 15 is 0 Å². The lowest BCUT2D eigenvalue weighted by atomic mass is 9.73. The number of carbonyl (C=O) groups is 3. The lowest BCUT2D eigenvalue weighted by molar-refractivity contribution is -0.118. The first-order chi connectivity index (χ1) is 18.2. The molecule has 1 amide bonds. The third-order valence-corrected chi connectivity index (χ3v) is 7.14. The Balaban J connectivity index is 1.69. The second-order valence-electron chi connectivity index (χ2n) is 10.7. The summed E-state index contributed by atoms with van der Waals surface area (Å²) < 4.78 is 5.63. The number of fused-ring (bicyclic) bond motifs is 1. The molecule has 0 radical (unpaired) electrons. The van der Waals surface area contributed by atoms with E-state index < -0.39 is 6.04 Å². The van der Waals surface area contributed by atoms with Crippen LogP contribution in [-0.4, -0.2) is 24.1 Å². The fourth-order valence-corrected chi connectivity index (χ4v) is 5.52. The van der Waals surface area contributed by atoms with Crippen LogP contribution in [0.2, 0.25) is 0 Å². The first kappa shape index (κ1) is 25.5. The van der Waals surface area contributed by atoms with Crippen LogP contribution in [0.5, 0.6) is 5.75 Å². The van der Waals surface area contributed by atoms with Crippen LogP contribution in [0.25, 0.3) is 0 Å². The molecule has 3 aromatic carbocycles. The van der Waals surface area contributed by atoms with Gasteiger partial charge in [-0.1, -0.05) is 56.3 Å². The van der Waals surface area contributed by atoms with E-state index in [4.69, 9.17) is 4.74 Å². The van der Waals surface area contributed by atoms with Gasteiger partial charge in [-0.2, -0.15) is 0 Å². The van der Waals surface area contributed by atoms with Gasteiger partial charge in [-0.15, -0.1) is 0 Å². The van der Waals surface area contributed by atoms with Crippen molar-refractivity contribution in [1.82, 2.24) is 0 Å².